The standard InChI is InChI=1S/C13H8F3N3S/c14-13(15,16)9-3-8(5-18-6-9)7-1-2-10-11(4-7)20-12(17)19-10/h1-6H,(H2,17,19). The van der Waals surface area contributed by atoms with Crippen LogP contribution in [0.3, 0.4) is 0 Å². The highest BCUT2D eigenvalue weighted by Gasteiger charge is 2.31. The minimum Gasteiger partial charge on any atom is -0.375 e. The third kappa shape index (κ3) is 2.32. The first-order valence-electron chi connectivity index (χ1n) is 5.62. The number of thiazole rings is 1. The van der Waals surface area contributed by atoms with E-state index in [1.807, 2.05) is 0 Å². The van der Waals surface area contributed by atoms with Gasteiger partial charge in [0.05, 0.1) is 15.8 Å². The molecule has 0 fully saturated rings. The fourth-order valence-corrected chi connectivity index (χ4v) is 2.65. The number of pyridine rings is 1. The second-order valence-corrected chi connectivity index (χ2v) is 5.26. The zero-order valence-electron chi connectivity index (χ0n) is 9.98. The summed E-state index contributed by atoms with van der Waals surface area (Å²) >= 11 is 1.29. The molecule has 0 aliphatic carbocycles. The number of nitrogens with zero attached hydrogens (tertiary/aromatic N) is 2. The molecule has 0 aliphatic rings. The van der Waals surface area contributed by atoms with Gasteiger partial charge in [-0.2, -0.15) is 13.2 Å². The Balaban J connectivity index is 2.10. The Kier molecular flexibility index (Phi) is 2.86. The van der Waals surface area contributed by atoms with Gasteiger partial charge >= 0.3 is 6.18 Å². The van der Waals surface area contributed by atoms with E-state index in [2.05, 4.69) is 9.97 Å². The molecule has 0 spiro atoms. The van der Waals surface area contributed by atoms with Crippen molar-refractivity contribution in [3.05, 3.63) is 42.2 Å². The topological polar surface area (TPSA) is 51.8 Å². The average molecular weight is 295 g/mol. The maximum absolute atomic E-state index is 12.7. The highest BCUT2D eigenvalue weighted by molar-refractivity contribution is 7.22. The SMILES string of the molecule is Nc1nc2ccc(-c3cncc(C(F)(F)F)c3)cc2s1. The molecule has 1 aromatic carbocycles. The van der Waals surface area contributed by atoms with Crippen molar-refractivity contribution in [2.45, 2.75) is 6.18 Å². The normalized spacial score (nSPS) is 11.9. The van der Waals surface area contributed by atoms with Gasteiger partial charge in [-0.05, 0) is 23.8 Å². The Bertz CT molecular complexity index is 780. The molecule has 0 saturated heterocycles. The smallest absolute Gasteiger partial charge is 0.375 e. The first kappa shape index (κ1) is 12.9. The number of halogens is 3. The number of alkyl halides is 3. The molecule has 2 N–H and O–H groups in total. The first-order valence-corrected chi connectivity index (χ1v) is 6.44. The predicted molar refractivity (Wildman–Crippen MR) is 72.3 cm³/mol. The molecule has 102 valence electrons. The van der Waals surface area contributed by atoms with Crippen LogP contribution in [0, 0.1) is 0 Å². The quantitative estimate of drug-likeness (QED) is 0.739. The molecule has 3 rings (SSSR count). The van der Waals surface area contributed by atoms with Crippen LogP contribution in [0.25, 0.3) is 21.3 Å². The molecule has 20 heavy (non-hydrogen) atoms. The van der Waals surface area contributed by atoms with Gasteiger partial charge in [0.15, 0.2) is 5.13 Å². The third-order valence-corrected chi connectivity index (χ3v) is 3.65. The van der Waals surface area contributed by atoms with E-state index in [-0.39, 0.29) is 0 Å². The van der Waals surface area contributed by atoms with E-state index in [1.165, 1.54) is 17.5 Å². The van der Waals surface area contributed by atoms with Crippen LogP contribution in [-0.4, -0.2) is 9.97 Å². The van der Waals surface area contributed by atoms with Crippen molar-refractivity contribution in [2.75, 3.05) is 5.73 Å². The van der Waals surface area contributed by atoms with Crippen molar-refractivity contribution >= 4 is 26.7 Å². The summed E-state index contributed by atoms with van der Waals surface area (Å²) < 4.78 is 38.9. The fourth-order valence-electron chi connectivity index (χ4n) is 1.87. The molecule has 0 atom stereocenters. The monoisotopic (exact) mass is 295 g/mol. The maximum atomic E-state index is 12.7. The lowest BCUT2D eigenvalue weighted by molar-refractivity contribution is -0.137. The zero-order chi connectivity index (χ0) is 14.3. The lowest BCUT2D eigenvalue weighted by atomic mass is 10.1. The Hall–Kier alpha value is -2.15. The van der Waals surface area contributed by atoms with E-state index in [4.69, 9.17) is 5.73 Å². The van der Waals surface area contributed by atoms with E-state index in [1.54, 1.807) is 18.2 Å². The minimum atomic E-state index is -4.40. The summed E-state index contributed by atoms with van der Waals surface area (Å²) in [5.74, 6) is 0. The Morgan fingerprint density at radius 3 is 2.60 bits per heavy atom. The first-order chi connectivity index (χ1) is 9.43. The Labute approximate surface area is 115 Å². The number of anilines is 1. The Morgan fingerprint density at radius 1 is 1.05 bits per heavy atom. The van der Waals surface area contributed by atoms with Crippen LogP contribution in [0.2, 0.25) is 0 Å². The van der Waals surface area contributed by atoms with Crippen LogP contribution in [-0.2, 0) is 6.18 Å². The summed E-state index contributed by atoms with van der Waals surface area (Å²) in [5, 5.41) is 0.430. The second-order valence-electron chi connectivity index (χ2n) is 4.19. The maximum Gasteiger partial charge on any atom is 0.417 e. The van der Waals surface area contributed by atoms with Crippen molar-refractivity contribution in [3.8, 4) is 11.1 Å². The van der Waals surface area contributed by atoms with E-state index in [0.717, 1.165) is 22.5 Å². The molecule has 7 heteroatoms. The summed E-state index contributed by atoms with van der Waals surface area (Å²) in [6, 6.07) is 6.29. The third-order valence-electron chi connectivity index (χ3n) is 2.80. The number of rotatable bonds is 1. The van der Waals surface area contributed by atoms with E-state index < -0.39 is 11.7 Å². The summed E-state index contributed by atoms with van der Waals surface area (Å²) in [6.07, 6.45) is -2.18. The molecule has 0 amide bonds. The van der Waals surface area contributed by atoms with Crippen molar-refractivity contribution in [1.29, 1.82) is 0 Å². The van der Waals surface area contributed by atoms with Gasteiger partial charge in [-0.25, -0.2) is 4.98 Å². The summed E-state index contributed by atoms with van der Waals surface area (Å²) in [5.41, 5.74) is 6.64. The minimum absolute atomic E-state index is 0.411. The summed E-state index contributed by atoms with van der Waals surface area (Å²) in [4.78, 5) is 7.76. The van der Waals surface area contributed by atoms with Crippen molar-refractivity contribution < 1.29 is 13.2 Å². The zero-order valence-corrected chi connectivity index (χ0v) is 10.8. The lowest BCUT2D eigenvalue weighted by Gasteiger charge is -2.08. The number of benzene rings is 1. The van der Waals surface area contributed by atoms with E-state index >= 15 is 0 Å². The van der Waals surface area contributed by atoms with Crippen LogP contribution < -0.4 is 5.73 Å². The van der Waals surface area contributed by atoms with Gasteiger partial charge in [0.1, 0.15) is 0 Å². The van der Waals surface area contributed by atoms with Gasteiger partial charge < -0.3 is 5.73 Å². The molecule has 2 heterocycles. The molecule has 3 aromatic rings. The van der Waals surface area contributed by atoms with Crippen LogP contribution in [0.4, 0.5) is 18.3 Å². The van der Waals surface area contributed by atoms with Crippen LogP contribution in [0.1, 0.15) is 5.56 Å². The summed E-state index contributed by atoms with van der Waals surface area (Å²) in [6.45, 7) is 0. The van der Waals surface area contributed by atoms with Crippen molar-refractivity contribution in [2.24, 2.45) is 0 Å². The molecule has 0 bridgehead atoms. The largest absolute Gasteiger partial charge is 0.417 e. The van der Waals surface area contributed by atoms with Gasteiger partial charge in [0.25, 0.3) is 0 Å². The van der Waals surface area contributed by atoms with E-state index in [9.17, 15) is 13.2 Å². The molecule has 3 nitrogen and oxygen atoms in total. The number of hydrogen-bond donors (Lipinski definition) is 1. The highest BCUT2D eigenvalue weighted by atomic mass is 32.1. The molecule has 2 aromatic heterocycles. The summed E-state index contributed by atoms with van der Waals surface area (Å²) in [7, 11) is 0. The number of nitrogen functional groups attached to an aromatic ring is 1. The molecule has 0 aliphatic heterocycles. The van der Waals surface area contributed by atoms with Crippen molar-refractivity contribution in [1.82, 2.24) is 9.97 Å². The van der Waals surface area contributed by atoms with Gasteiger partial charge in [-0.3, -0.25) is 4.98 Å². The number of nitrogens with two attached hydrogens (primary N) is 1. The fraction of sp³-hybridized carbons (Fsp3) is 0.0769. The molecular weight excluding hydrogens is 287 g/mol. The average Bonchev–Trinajstić information content (AvgIpc) is 2.77. The number of hydrogen-bond acceptors (Lipinski definition) is 4. The van der Waals surface area contributed by atoms with Crippen LogP contribution >= 0.6 is 11.3 Å². The highest BCUT2D eigenvalue weighted by Crippen LogP contribution is 2.33. The van der Waals surface area contributed by atoms with Gasteiger partial charge in [-0.1, -0.05) is 17.4 Å². The molecule has 0 saturated carbocycles. The molecule has 0 unspecified atom stereocenters. The molecule has 0 radical (unpaired) electrons. The van der Waals surface area contributed by atoms with Gasteiger partial charge in [0.2, 0.25) is 0 Å². The van der Waals surface area contributed by atoms with E-state index in [0.29, 0.717) is 16.3 Å². The van der Waals surface area contributed by atoms with Crippen LogP contribution in [0.15, 0.2) is 36.7 Å². The number of fused-ring (bicyclic) bond motifs is 1. The van der Waals surface area contributed by atoms with Crippen molar-refractivity contribution in [3.63, 3.8) is 0 Å². The Morgan fingerprint density at radius 2 is 1.85 bits per heavy atom. The van der Waals surface area contributed by atoms with Gasteiger partial charge in [-0.15, -0.1) is 0 Å². The second kappa shape index (κ2) is 4.45. The van der Waals surface area contributed by atoms with Crippen LogP contribution in [0.5, 0.6) is 0 Å². The predicted octanol–water partition coefficient (Wildman–Crippen LogP) is 3.96. The lowest BCUT2D eigenvalue weighted by Crippen LogP contribution is -2.05. The molecular formula is C13H8F3N3S. The van der Waals surface area contributed by atoms with Gasteiger partial charge in [0, 0.05) is 18.0 Å². The number of aromatic nitrogens is 2.